The van der Waals surface area contributed by atoms with Gasteiger partial charge in [0, 0.05) is 35.4 Å². The summed E-state index contributed by atoms with van der Waals surface area (Å²) < 4.78 is 29.3. The number of hydrogen-bond donors (Lipinski definition) is 3. The molecule has 3 aromatic rings. The van der Waals surface area contributed by atoms with Crippen molar-refractivity contribution in [3.05, 3.63) is 77.6 Å². The van der Waals surface area contributed by atoms with Crippen LogP contribution in [0.5, 0.6) is 0 Å². The van der Waals surface area contributed by atoms with E-state index in [4.69, 9.17) is 0 Å². The lowest BCUT2D eigenvalue weighted by atomic mass is 9.87. The number of fused-ring (bicyclic) bond motifs is 1. The van der Waals surface area contributed by atoms with Crippen LogP contribution in [-0.2, 0) is 22.7 Å². The topological polar surface area (TPSA) is 119 Å². The lowest BCUT2D eigenvalue weighted by Crippen LogP contribution is -2.56. The Labute approximate surface area is 203 Å². The molecule has 35 heavy (non-hydrogen) atoms. The molecule has 2 fully saturated rings. The Bertz CT molecular complexity index is 1210. The van der Waals surface area contributed by atoms with Gasteiger partial charge in [0.2, 0.25) is 0 Å². The Morgan fingerprint density at radius 2 is 1.66 bits per heavy atom. The molecule has 0 spiro atoms. The number of H-pyrrole nitrogens is 1. The van der Waals surface area contributed by atoms with Gasteiger partial charge in [0.1, 0.15) is 23.5 Å². The summed E-state index contributed by atoms with van der Waals surface area (Å²) >= 11 is 1.25. The van der Waals surface area contributed by atoms with E-state index in [1.165, 1.54) is 47.3 Å². The number of hydrogen-bond acceptors (Lipinski definition) is 6. The number of halogens is 2. The monoisotopic (exact) mass is 500 g/mol. The number of thioether (sulfide) groups is 1. The van der Waals surface area contributed by atoms with Crippen LogP contribution >= 0.6 is 11.8 Å². The molecule has 0 saturated heterocycles. The van der Waals surface area contributed by atoms with Gasteiger partial charge in [0.15, 0.2) is 5.16 Å². The molecule has 11 heteroatoms. The summed E-state index contributed by atoms with van der Waals surface area (Å²) in [6.07, 6.45) is 1.49. The first-order valence-electron chi connectivity index (χ1n) is 11.0. The van der Waals surface area contributed by atoms with Crippen LogP contribution in [0.2, 0.25) is 0 Å². The van der Waals surface area contributed by atoms with E-state index in [1.54, 1.807) is 24.3 Å². The molecule has 2 aliphatic rings. The minimum atomic E-state index is -1.64. The molecule has 5 atom stereocenters. The average molecular weight is 501 g/mol. The maximum absolute atomic E-state index is 14.7. The number of carboxylic acid groups (broad SMARTS) is 2. The normalized spacial score (nSPS) is 27.1. The highest BCUT2D eigenvalue weighted by Crippen LogP contribution is 2.67. The standard InChI is InChI=1S/C24H22F2N4O4S/c25-15-7-3-1-5-13(15)10-30(11-14-6-2-4-8-16(14)26)24(22(33)34)9-17(35-23-27-12-28-29-23)18-19(20(18)24)21(31)32/h1-8,12,17-20H,9-11H2,(H,31,32)(H,33,34)(H,27,28,29)/t17-,18+,19+,20+,24+/m1/s1. The fourth-order valence-corrected chi connectivity index (χ4v) is 6.87. The highest BCUT2D eigenvalue weighted by molar-refractivity contribution is 7.99. The average Bonchev–Trinajstić information content (AvgIpc) is 3.19. The Kier molecular flexibility index (Phi) is 6.06. The summed E-state index contributed by atoms with van der Waals surface area (Å²) in [6, 6.07) is 12.0. The van der Waals surface area contributed by atoms with Gasteiger partial charge in [-0.3, -0.25) is 14.5 Å². The first kappa shape index (κ1) is 23.4. The molecule has 3 N–H and O–H groups in total. The summed E-state index contributed by atoms with van der Waals surface area (Å²) in [5.41, 5.74) is -1.14. The summed E-state index contributed by atoms with van der Waals surface area (Å²) in [5, 5.41) is 28.3. The van der Waals surface area contributed by atoms with Gasteiger partial charge < -0.3 is 15.2 Å². The molecule has 5 rings (SSSR count). The fourth-order valence-electron chi connectivity index (χ4n) is 5.53. The largest absolute Gasteiger partial charge is 0.481 e. The molecule has 1 heterocycles. The van der Waals surface area contributed by atoms with E-state index < -0.39 is 46.9 Å². The summed E-state index contributed by atoms with van der Waals surface area (Å²) in [7, 11) is 0. The van der Waals surface area contributed by atoms with Crippen LogP contribution in [0.25, 0.3) is 0 Å². The number of aliphatic carboxylic acids is 2. The van der Waals surface area contributed by atoms with E-state index in [-0.39, 0.29) is 35.9 Å². The zero-order valence-electron chi connectivity index (χ0n) is 18.3. The molecule has 182 valence electrons. The molecule has 0 bridgehead atoms. The summed E-state index contributed by atoms with van der Waals surface area (Å²) in [5.74, 6) is -5.35. The molecular formula is C24H22F2N4O4S. The maximum Gasteiger partial charge on any atom is 0.324 e. The van der Waals surface area contributed by atoms with Crippen LogP contribution < -0.4 is 0 Å². The molecular weight excluding hydrogens is 478 g/mol. The highest BCUT2D eigenvalue weighted by Gasteiger charge is 2.76. The van der Waals surface area contributed by atoms with E-state index in [1.807, 2.05) is 0 Å². The van der Waals surface area contributed by atoms with E-state index >= 15 is 0 Å². The van der Waals surface area contributed by atoms with Gasteiger partial charge in [0.25, 0.3) is 0 Å². The van der Waals surface area contributed by atoms with Crippen molar-refractivity contribution >= 4 is 23.7 Å². The second-order valence-electron chi connectivity index (χ2n) is 8.89. The van der Waals surface area contributed by atoms with Crippen LogP contribution in [0.3, 0.4) is 0 Å². The third-order valence-corrected chi connectivity index (χ3v) is 8.29. The van der Waals surface area contributed by atoms with E-state index in [0.717, 1.165) is 0 Å². The predicted octanol–water partition coefficient (Wildman–Crippen LogP) is 3.42. The molecule has 0 aliphatic heterocycles. The molecule has 2 saturated carbocycles. The molecule has 2 aliphatic carbocycles. The lowest BCUT2D eigenvalue weighted by molar-refractivity contribution is -0.155. The van der Waals surface area contributed by atoms with Gasteiger partial charge in [-0.1, -0.05) is 48.2 Å². The number of carbonyl (C=O) groups is 2. The van der Waals surface area contributed by atoms with Crippen molar-refractivity contribution in [2.75, 3.05) is 0 Å². The SMILES string of the molecule is O=C(O)[C@H]1[C@H]2[C@@H]1[C@@](C(=O)O)(N(Cc1ccccc1F)Cc1ccccc1F)C[C@H]2Sc1nnc[nH]1. The smallest absolute Gasteiger partial charge is 0.324 e. The molecule has 8 nitrogen and oxygen atoms in total. The van der Waals surface area contributed by atoms with Crippen molar-refractivity contribution in [2.45, 2.75) is 35.5 Å². The van der Waals surface area contributed by atoms with Gasteiger partial charge in [-0.05, 0) is 24.5 Å². The van der Waals surface area contributed by atoms with Crippen LogP contribution in [0.15, 0.2) is 60.0 Å². The molecule has 0 unspecified atom stereocenters. The van der Waals surface area contributed by atoms with Crippen LogP contribution in [-0.4, -0.2) is 53.0 Å². The first-order valence-corrected chi connectivity index (χ1v) is 11.9. The van der Waals surface area contributed by atoms with E-state index in [9.17, 15) is 28.6 Å². The number of aromatic amines is 1. The minimum absolute atomic E-state index is 0.0930. The molecule has 1 aromatic heterocycles. The second kappa shape index (κ2) is 9.04. The molecule has 0 radical (unpaired) electrons. The summed E-state index contributed by atoms with van der Waals surface area (Å²) in [6.45, 7) is -0.245. The first-order chi connectivity index (χ1) is 16.8. The van der Waals surface area contributed by atoms with E-state index in [0.29, 0.717) is 5.16 Å². The fraction of sp³-hybridized carbons (Fsp3) is 0.333. The number of nitrogens with one attached hydrogen (secondary N) is 1. The third-order valence-electron chi connectivity index (χ3n) is 7.08. The molecule has 0 amide bonds. The molecule has 2 aromatic carbocycles. The van der Waals surface area contributed by atoms with Crippen molar-refractivity contribution in [1.82, 2.24) is 20.1 Å². The van der Waals surface area contributed by atoms with Gasteiger partial charge >= 0.3 is 11.9 Å². The minimum Gasteiger partial charge on any atom is -0.481 e. The van der Waals surface area contributed by atoms with Gasteiger partial charge in [-0.15, -0.1) is 10.2 Å². The third kappa shape index (κ3) is 4.08. The predicted molar refractivity (Wildman–Crippen MR) is 121 cm³/mol. The van der Waals surface area contributed by atoms with Crippen molar-refractivity contribution in [3.63, 3.8) is 0 Å². The zero-order valence-corrected chi connectivity index (χ0v) is 19.2. The Hall–Kier alpha value is -3.31. The number of aromatic nitrogens is 3. The Morgan fingerprint density at radius 3 is 2.14 bits per heavy atom. The quantitative estimate of drug-likeness (QED) is 0.409. The second-order valence-corrected chi connectivity index (χ2v) is 10.1. The van der Waals surface area contributed by atoms with Crippen LogP contribution in [0, 0.1) is 29.4 Å². The van der Waals surface area contributed by atoms with Crippen LogP contribution in [0.1, 0.15) is 17.5 Å². The van der Waals surface area contributed by atoms with Gasteiger partial charge in [-0.2, -0.15) is 0 Å². The van der Waals surface area contributed by atoms with Crippen molar-refractivity contribution in [3.8, 4) is 0 Å². The van der Waals surface area contributed by atoms with Crippen molar-refractivity contribution < 1.29 is 28.6 Å². The zero-order chi connectivity index (χ0) is 24.7. The highest BCUT2D eigenvalue weighted by atomic mass is 32.2. The Balaban J connectivity index is 1.58. The number of nitrogens with zero attached hydrogens (tertiary/aromatic N) is 3. The number of carboxylic acids is 2. The maximum atomic E-state index is 14.7. The number of benzene rings is 2. The summed E-state index contributed by atoms with van der Waals surface area (Å²) in [4.78, 5) is 29.5. The van der Waals surface area contributed by atoms with Gasteiger partial charge in [0.05, 0.1) is 5.92 Å². The van der Waals surface area contributed by atoms with E-state index in [2.05, 4.69) is 15.2 Å². The number of rotatable bonds is 9. The van der Waals surface area contributed by atoms with Crippen molar-refractivity contribution in [2.24, 2.45) is 17.8 Å². The van der Waals surface area contributed by atoms with Crippen LogP contribution in [0.4, 0.5) is 8.78 Å². The van der Waals surface area contributed by atoms with Gasteiger partial charge in [-0.25, -0.2) is 8.78 Å². The lowest BCUT2D eigenvalue weighted by Gasteiger charge is -2.40. The Morgan fingerprint density at radius 1 is 1.06 bits per heavy atom. The van der Waals surface area contributed by atoms with Crippen molar-refractivity contribution in [1.29, 1.82) is 0 Å².